The minimum absolute atomic E-state index is 0.213. The molecule has 0 saturated carbocycles. The third-order valence-corrected chi connectivity index (χ3v) is 3.06. The predicted octanol–water partition coefficient (Wildman–Crippen LogP) is 2.97. The molecule has 0 aromatic heterocycles. The maximum absolute atomic E-state index is 11.7. The molecule has 140 valence electrons. The molecule has 25 heavy (non-hydrogen) atoms. The molecule has 0 radical (unpaired) electrons. The first kappa shape index (κ1) is 20.4. The number of rotatable bonds is 9. The lowest BCUT2D eigenvalue weighted by Gasteiger charge is -2.21. The van der Waals surface area contributed by atoms with Gasteiger partial charge in [-0.1, -0.05) is 13.0 Å². The van der Waals surface area contributed by atoms with Crippen LogP contribution in [0.2, 0.25) is 0 Å². The van der Waals surface area contributed by atoms with Crippen molar-refractivity contribution in [1.29, 1.82) is 0 Å². The van der Waals surface area contributed by atoms with Gasteiger partial charge < -0.3 is 18.9 Å². The van der Waals surface area contributed by atoms with Crippen molar-refractivity contribution in [2.45, 2.75) is 33.4 Å². The van der Waals surface area contributed by atoms with Crippen molar-refractivity contribution in [3.05, 3.63) is 23.8 Å². The second kappa shape index (κ2) is 11.0. The van der Waals surface area contributed by atoms with Crippen LogP contribution in [0.5, 0.6) is 11.5 Å². The summed E-state index contributed by atoms with van der Waals surface area (Å²) in [6, 6.07) is 5.11. The van der Waals surface area contributed by atoms with Crippen molar-refractivity contribution in [2.24, 2.45) is 0 Å². The molecule has 2 amide bonds. The third kappa shape index (κ3) is 6.78. The summed E-state index contributed by atoms with van der Waals surface area (Å²) in [6.45, 7) is 6.37. The number of ether oxygens (including phenoxy) is 4. The van der Waals surface area contributed by atoms with Gasteiger partial charge in [-0.15, -0.1) is 0 Å². The zero-order chi connectivity index (χ0) is 18.7. The second-order valence-electron chi connectivity index (χ2n) is 4.92. The van der Waals surface area contributed by atoms with Crippen molar-refractivity contribution < 1.29 is 28.5 Å². The van der Waals surface area contributed by atoms with Crippen molar-refractivity contribution in [3.63, 3.8) is 0 Å². The monoisotopic (exact) mass is 354 g/mol. The van der Waals surface area contributed by atoms with Gasteiger partial charge in [0, 0.05) is 0 Å². The molecule has 1 aromatic rings. The van der Waals surface area contributed by atoms with Gasteiger partial charge >= 0.3 is 12.2 Å². The molecule has 0 heterocycles. The molecule has 0 unspecified atom stereocenters. The standard InChI is InChI=1S/C17H26N2O6/c1-5-10-25-13-9-8-12(11-14(13)22-4)15(18-16(20)23-6-2)19-17(21)24-7-3/h8-9,11,15H,5-7,10H2,1-4H3,(H,18,20)(H,19,21). The largest absolute Gasteiger partial charge is 0.493 e. The lowest BCUT2D eigenvalue weighted by Crippen LogP contribution is -2.41. The van der Waals surface area contributed by atoms with Crippen LogP contribution in [-0.2, 0) is 9.47 Å². The van der Waals surface area contributed by atoms with Gasteiger partial charge in [0.1, 0.15) is 6.17 Å². The number of alkyl carbamates (subject to hydrolysis) is 2. The fourth-order valence-corrected chi connectivity index (χ4v) is 1.98. The molecule has 0 aliphatic carbocycles. The molecule has 0 aliphatic heterocycles. The molecule has 0 fully saturated rings. The van der Waals surface area contributed by atoms with Gasteiger partial charge in [0.25, 0.3) is 0 Å². The van der Waals surface area contributed by atoms with Crippen LogP contribution < -0.4 is 20.1 Å². The third-order valence-electron chi connectivity index (χ3n) is 3.06. The fourth-order valence-electron chi connectivity index (χ4n) is 1.98. The van der Waals surface area contributed by atoms with Crippen LogP contribution in [-0.4, -0.2) is 39.1 Å². The minimum atomic E-state index is -0.841. The summed E-state index contributed by atoms with van der Waals surface area (Å²) in [5.41, 5.74) is 0.585. The molecular weight excluding hydrogens is 328 g/mol. The number of nitrogens with one attached hydrogen (secondary N) is 2. The first-order chi connectivity index (χ1) is 12.0. The van der Waals surface area contributed by atoms with Crippen molar-refractivity contribution in [2.75, 3.05) is 26.9 Å². The zero-order valence-electron chi connectivity index (χ0n) is 15.1. The molecule has 1 rings (SSSR count). The SMILES string of the molecule is CCCOc1ccc(C(NC(=O)OCC)NC(=O)OCC)cc1OC. The molecule has 1 aromatic carbocycles. The number of benzene rings is 1. The van der Waals surface area contributed by atoms with Crippen LogP contribution in [0.15, 0.2) is 18.2 Å². The van der Waals surface area contributed by atoms with Gasteiger partial charge in [-0.2, -0.15) is 0 Å². The molecule has 8 heteroatoms. The second-order valence-corrected chi connectivity index (χ2v) is 4.92. The van der Waals surface area contributed by atoms with Crippen molar-refractivity contribution in [3.8, 4) is 11.5 Å². The number of carbonyl (C=O) groups excluding carboxylic acids is 2. The van der Waals surface area contributed by atoms with Crippen molar-refractivity contribution >= 4 is 12.2 Å². The predicted molar refractivity (Wildman–Crippen MR) is 91.8 cm³/mol. The van der Waals surface area contributed by atoms with Gasteiger partial charge in [0.15, 0.2) is 11.5 Å². The van der Waals surface area contributed by atoms with Crippen LogP contribution in [0.25, 0.3) is 0 Å². The Morgan fingerprint density at radius 3 is 2.08 bits per heavy atom. The smallest absolute Gasteiger partial charge is 0.409 e. The Labute approximate surface area is 147 Å². The van der Waals surface area contributed by atoms with Crippen LogP contribution >= 0.6 is 0 Å². The molecule has 8 nitrogen and oxygen atoms in total. The van der Waals surface area contributed by atoms with Crippen LogP contribution in [0.4, 0.5) is 9.59 Å². The number of hydrogen-bond acceptors (Lipinski definition) is 6. The van der Waals surface area contributed by atoms with E-state index < -0.39 is 18.4 Å². The average molecular weight is 354 g/mol. The summed E-state index contributed by atoms with van der Waals surface area (Å²) in [5, 5.41) is 5.14. The van der Waals surface area contributed by atoms with E-state index in [2.05, 4.69) is 10.6 Å². The molecule has 0 aliphatic rings. The van der Waals surface area contributed by atoms with Gasteiger partial charge in [0.2, 0.25) is 0 Å². The number of amides is 2. The first-order valence-corrected chi connectivity index (χ1v) is 8.22. The fraction of sp³-hybridized carbons (Fsp3) is 0.529. The van der Waals surface area contributed by atoms with Crippen LogP contribution in [0.3, 0.4) is 0 Å². The van der Waals surface area contributed by atoms with E-state index in [1.807, 2.05) is 6.92 Å². The van der Waals surface area contributed by atoms with Gasteiger partial charge in [-0.05, 0) is 38.0 Å². The molecule has 0 saturated heterocycles. The quantitative estimate of drug-likeness (QED) is 0.662. The summed E-state index contributed by atoms with van der Waals surface area (Å²) in [7, 11) is 1.52. The Balaban J connectivity index is 3.02. The summed E-state index contributed by atoms with van der Waals surface area (Å²) >= 11 is 0. The molecular formula is C17H26N2O6. The van der Waals surface area contributed by atoms with Gasteiger partial charge in [-0.3, -0.25) is 10.6 Å². The Morgan fingerprint density at radius 2 is 1.60 bits per heavy atom. The lowest BCUT2D eigenvalue weighted by molar-refractivity contribution is 0.135. The van der Waals surface area contributed by atoms with E-state index >= 15 is 0 Å². The average Bonchev–Trinajstić information content (AvgIpc) is 2.59. The summed E-state index contributed by atoms with van der Waals surface area (Å²) < 4.78 is 20.7. The number of methoxy groups -OCH3 is 1. The highest BCUT2D eigenvalue weighted by Gasteiger charge is 2.20. The Morgan fingerprint density at radius 1 is 1.00 bits per heavy atom. The highest BCUT2D eigenvalue weighted by atomic mass is 16.6. The molecule has 0 atom stereocenters. The van der Waals surface area contributed by atoms with E-state index in [1.165, 1.54) is 7.11 Å². The van der Waals surface area contributed by atoms with Crippen LogP contribution in [0.1, 0.15) is 38.9 Å². The van der Waals surface area contributed by atoms with E-state index in [1.54, 1.807) is 32.0 Å². The van der Waals surface area contributed by atoms with E-state index in [4.69, 9.17) is 18.9 Å². The maximum atomic E-state index is 11.7. The number of hydrogen-bond donors (Lipinski definition) is 2. The van der Waals surface area contributed by atoms with Crippen LogP contribution in [0, 0.1) is 0 Å². The molecule has 2 N–H and O–H groups in total. The molecule has 0 bridgehead atoms. The van der Waals surface area contributed by atoms with E-state index in [-0.39, 0.29) is 13.2 Å². The normalized spacial score (nSPS) is 10.1. The van der Waals surface area contributed by atoms with Gasteiger partial charge in [-0.25, -0.2) is 9.59 Å². The first-order valence-electron chi connectivity index (χ1n) is 8.22. The maximum Gasteiger partial charge on any atom is 0.409 e. The lowest BCUT2D eigenvalue weighted by atomic mass is 10.1. The minimum Gasteiger partial charge on any atom is -0.493 e. The summed E-state index contributed by atoms with van der Waals surface area (Å²) in [4.78, 5) is 23.5. The van der Waals surface area contributed by atoms with E-state index in [0.29, 0.717) is 23.7 Å². The summed E-state index contributed by atoms with van der Waals surface area (Å²) in [5.74, 6) is 1.08. The number of carbonyl (C=O) groups is 2. The molecule has 0 spiro atoms. The topological polar surface area (TPSA) is 95.1 Å². The Hall–Kier alpha value is -2.64. The van der Waals surface area contributed by atoms with E-state index in [0.717, 1.165) is 6.42 Å². The summed E-state index contributed by atoms with van der Waals surface area (Å²) in [6.07, 6.45) is -1.29. The van der Waals surface area contributed by atoms with E-state index in [9.17, 15) is 9.59 Å². The van der Waals surface area contributed by atoms with Gasteiger partial charge in [0.05, 0.1) is 26.9 Å². The highest BCUT2D eigenvalue weighted by Crippen LogP contribution is 2.30. The Kier molecular flexibility index (Phi) is 8.99. The zero-order valence-corrected chi connectivity index (χ0v) is 15.1. The van der Waals surface area contributed by atoms with Crippen molar-refractivity contribution in [1.82, 2.24) is 10.6 Å². The highest BCUT2D eigenvalue weighted by molar-refractivity contribution is 5.71. The Bertz CT molecular complexity index is 544.